The van der Waals surface area contributed by atoms with Crippen LogP contribution in [-0.2, 0) is 0 Å². The van der Waals surface area contributed by atoms with Crippen LogP contribution in [0, 0.1) is 0 Å². The minimum Gasteiger partial charge on any atom is -0.442 e. The highest BCUT2D eigenvalue weighted by atomic mass is 16.3. The van der Waals surface area contributed by atoms with Gasteiger partial charge in [-0.1, -0.05) is 36.4 Å². The lowest BCUT2D eigenvalue weighted by Crippen LogP contribution is -1.86. The molecule has 4 aromatic heterocycles. The fraction of sp³-hybridized carbons (Fsp3) is 0. The van der Waals surface area contributed by atoms with Gasteiger partial charge in [0.05, 0.1) is 12.4 Å². The number of hydrogen-bond acceptors (Lipinski definition) is 6. The number of rotatable bonds is 4. The van der Waals surface area contributed by atoms with Crippen LogP contribution in [-0.4, -0.2) is 19.9 Å². The maximum absolute atomic E-state index is 5.31. The van der Waals surface area contributed by atoms with Gasteiger partial charge in [-0.25, -0.2) is 9.97 Å². The molecule has 6 aromatic rings. The van der Waals surface area contributed by atoms with Crippen molar-refractivity contribution < 1.29 is 8.83 Å². The van der Waals surface area contributed by atoms with E-state index in [1.807, 2.05) is 36.7 Å². The number of pyridine rings is 2. The van der Waals surface area contributed by atoms with Crippen LogP contribution in [0.3, 0.4) is 0 Å². The molecule has 32 heavy (non-hydrogen) atoms. The second-order valence-electron chi connectivity index (χ2n) is 7.37. The zero-order valence-corrected chi connectivity index (χ0v) is 16.8. The van der Waals surface area contributed by atoms with Crippen LogP contribution in [0.1, 0.15) is 0 Å². The summed E-state index contributed by atoms with van der Waals surface area (Å²) in [6.45, 7) is 0. The standard InChI is InChI=1S/C26H16N4O2/c1-3-19(21-5-7-23(29-11-21)25-13-27-15-31-25)10-18-2-4-20(9-17(1)18)22-6-8-24(30-12-22)26-14-28-16-32-26/h1-16H. The second-order valence-corrected chi connectivity index (χ2v) is 7.37. The SMILES string of the molecule is c1ncc(-c2ccc(-c3ccc4cc(-c5ccc(-c6cnco6)nc5)ccc4c3)cn2)o1. The van der Waals surface area contributed by atoms with E-state index in [0.717, 1.165) is 44.4 Å². The number of fused-ring (bicyclic) bond motifs is 1. The largest absolute Gasteiger partial charge is 0.442 e. The first-order valence-electron chi connectivity index (χ1n) is 10.1. The molecule has 4 heterocycles. The normalized spacial score (nSPS) is 11.1. The average molecular weight is 416 g/mol. The van der Waals surface area contributed by atoms with E-state index in [4.69, 9.17) is 8.83 Å². The van der Waals surface area contributed by atoms with Crippen molar-refractivity contribution in [1.82, 2.24) is 19.9 Å². The first-order chi connectivity index (χ1) is 15.8. The van der Waals surface area contributed by atoms with Gasteiger partial charge in [-0.3, -0.25) is 9.97 Å². The molecular weight excluding hydrogens is 400 g/mol. The summed E-state index contributed by atoms with van der Waals surface area (Å²) in [5.41, 5.74) is 5.84. The minimum atomic E-state index is 0.658. The lowest BCUT2D eigenvalue weighted by Gasteiger charge is -2.07. The summed E-state index contributed by atoms with van der Waals surface area (Å²) in [6, 6.07) is 20.8. The number of oxazole rings is 2. The Morgan fingerprint density at radius 3 is 1.31 bits per heavy atom. The maximum Gasteiger partial charge on any atom is 0.181 e. The monoisotopic (exact) mass is 416 g/mol. The van der Waals surface area contributed by atoms with Crippen LogP contribution < -0.4 is 0 Å². The van der Waals surface area contributed by atoms with E-state index in [2.05, 4.69) is 56.3 Å². The molecule has 0 amide bonds. The molecule has 152 valence electrons. The van der Waals surface area contributed by atoms with Gasteiger partial charge in [-0.15, -0.1) is 0 Å². The smallest absolute Gasteiger partial charge is 0.181 e. The Balaban J connectivity index is 1.29. The fourth-order valence-corrected chi connectivity index (χ4v) is 3.71. The van der Waals surface area contributed by atoms with Gasteiger partial charge in [0.1, 0.15) is 11.4 Å². The molecule has 0 radical (unpaired) electrons. The zero-order chi connectivity index (χ0) is 21.3. The number of aromatic nitrogens is 4. The highest BCUT2D eigenvalue weighted by molar-refractivity contribution is 5.90. The fourth-order valence-electron chi connectivity index (χ4n) is 3.71. The minimum absolute atomic E-state index is 0.658. The quantitative estimate of drug-likeness (QED) is 0.337. The van der Waals surface area contributed by atoms with Gasteiger partial charge in [0.15, 0.2) is 24.3 Å². The number of hydrogen-bond donors (Lipinski definition) is 0. The van der Waals surface area contributed by atoms with Crippen LogP contribution >= 0.6 is 0 Å². The molecule has 0 spiro atoms. The van der Waals surface area contributed by atoms with Crippen LogP contribution in [0.5, 0.6) is 0 Å². The van der Waals surface area contributed by atoms with Crippen molar-refractivity contribution in [2.45, 2.75) is 0 Å². The third kappa shape index (κ3) is 3.33. The van der Waals surface area contributed by atoms with E-state index in [-0.39, 0.29) is 0 Å². The van der Waals surface area contributed by atoms with Gasteiger partial charge in [0.25, 0.3) is 0 Å². The summed E-state index contributed by atoms with van der Waals surface area (Å²) in [5, 5.41) is 2.33. The van der Waals surface area contributed by atoms with Gasteiger partial charge in [-0.05, 0) is 46.2 Å². The maximum atomic E-state index is 5.31. The third-order valence-corrected chi connectivity index (χ3v) is 5.40. The molecule has 0 aliphatic heterocycles. The molecule has 0 unspecified atom stereocenters. The molecular formula is C26H16N4O2. The molecule has 6 heteroatoms. The summed E-state index contributed by atoms with van der Waals surface area (Å²) in [5.74, 6) is 1.32. The van der Waals surface area contributed by atoms with Crippen LogP contribution in [0.15, 0.2) is 107 Å². The van der Waals surface area contributed by atoms with Crippen molar-refractivity contribution in [1.29, 1.82) is 0 Å². The highest BCUT2D eigenvalue weighted by Gasteiger charge is 2.07. The lowest BCUT2D eigenvalue weighted by molar-refractivity contribution is 0.569. The van der Waals surface area contributed by atoms with E-state index < -0.39 is 0 Å². The Morgan fingerprint density at radius 2 is 0.938 bits per heavy atom. The van der Waals surface area contributed by atoms with Crippen molar-refractivity contribution >= 4 is 10.8 Å². The molecule has 0 saturated heterocycles. The molecule has 6 nitrogen and oxygen atoms in total. The van der Waals surface area contributed by atoms with Crippen molar-refractivity contribution in [3.05, 3.63) is 98.2 Å². The number of benzene rings is 2. The summed E-state index contributed by atoms with van der Waals surface area (Å²) in [4.78, 5) is 16.9. The predicted molar refractivity (Wildman–Crippen MR) is 121 cm³/mol. The predicted octanol–water partition coefficient (Wildman–Crippen LogP) is 6.27. The molecule has 0 aliphatic carbocycles. The molecule has 0 saturated carbocycles. The van der Waals surface area contributed by atoms with Gasteiger partial charge in [-0.2, -0.15) is 0 Å². The van der Waals surface area contributed by atoms with E-state index >= 15 is 0 Å². The van der Waals surface area contributed by atoms with Crippen molar-refractivity contribution in [3.63, 3.8) is 0 Å². The Morgan fingerprint density at radius 1 is 0.469 bits per heavy atom. The number of nitrogens with zero attached hydrogens (tertiary/aromatic N) is 4. The van der Waals surface area contributed by atoms with E-state index in [0.29, 0.717) is 11.5 Å². The summed E-state index contributed by atoms with van der Waals surface area (Å²) >= 11 is 0. The Kier molecular flexibility index (Phi) is 4.32. The third-order valence-electron chi connectivity index (χ3n) is 5.40. The van der Waals surface area contributed by atoms with Crippen LogP contribution in [0.25, 0.3) is 55.9 Å². The second kappa shape index (κ2) is 7.59. The van der Waals surface area contributed by atoms with Crippen LogP contribution in [0.4, 0.5) is 0 Å². The molecule has 0 atom stereocenters. The van der Waals surface area contributed by atoms with Crippen molar-refractivity contribution in [3.8, 4) is 45.2 Å². The van der Waals surface area contributed by atoms with Gasteiger partial charge in [0.2, 0.25) is 0 Å². The van der Waals surface area contributed by atoms with Gasteiger partial charge in [0, 0.05) is 23.5 Å². The van der Waals surface area contributed by atoms with Gasteiger partial charge >= 0.3 is 0 Å². The van der Waals surface area contributed by atoms with E-state index in [1.54, 1.807) is 12.4 Å². The zero-order valence-electron chi connectivity index (χ0n) is 16.8. The molecule has 2 aromatic carbocycles. The molecule has 0 fully saturated rings. The molecule has 0 bridgehead atoms. The van der Waals surface area contributed by atoms with Crippen molar-refractivity contribution in [2.24, 2.45) is 0 Å². The Hall–Kier alpha value is -4.58. The summed E-state index contributed by atoms with van der Waals surface area (Å²) in [7, 11) is 0. The first kappa shape index (κ1) is 18.2. The van der Waals surface area contributed by atoms with Crippen LogP contribution in [0.2, 0.25) is 0 Å². The Labute approximate surface area is 183 Å². The van der Waals surface area contributed by atoms with Gasteiger partial charge < -0.3 is 8.83 Å². The van der Waals surface area contributed by atoms with E-state index in [9.17, 15) is 0 Å². The summed E-state index contributed by atoms with van der Waals surface area (Å²) < 4.78 is 10.6. The first-order valence-corrected chi connectivity index (χ1v) is 10.1. The van der Waals surface area contributed by atoms with E-state index in [1.165, 1.54) is 12.8 Å². The highest BCUT2D eigenvalue weighted by Crippen LogP contribution is 2.29. The lowest BCUT2D eigenvalue weighted by atomic mass is 9.98. The molecule has 0 aliphatic rings. The van der Waals surface area contributed by atoms with Crippen molar-refractivity contribution in [2.75, 3.05) is 0 Å². The summed E-state index contributed by atoms with van der Waals surface area (Å²) in [6.07, 6.45) is 9.84. The Bertz CT molecular complexity index is 1370. The topological polar surface area (TPSA) is 77.8 Å². The average Bonchev–Trinajstić information content (AvgIpc) is 3.59. The molecule has 0 N–H and O–H groups in total. The molecule has 6 rings (SSSR count).